The van der Waals surface area contributed by atoms with Gasteiger partial charge >= 0.3 is 11.9 Å². The number of ketones is 1. The number of alkyl halides is 3. The highest BCUT2D eigenvalue weighted by Gasteiger charge is 2.39. The second-order valence-electron chi connectivity index (χ2n) is 7.38. The van der Waals surface area contributed by atoms with Crippen molar-refractivity contribution < 1.29 is 36.9 Å². The molecule has 15 heteroatoms. The Morgan fingerprint density at radius 2 is 2.00 bits per heavy atom. The molecule has 36 heavy (non-hydrogen) atoms. The Morgan fingerprint density at radius 3 is 2.56 bits per heavy atom. The average Bonchev–Trinajstić information content (AvgIpc) is 3.15. The van der Waals surface area contributed by atoms with Crippen LogP contribution in [-0.2, 0) is 19.6 Å². The number of carbonyl (C=O) groups is 1. The van der Waals surface area contributed by atoms with Crippen LogP contribution in [-0.4, -0.2) is 54.6 Å². The summed E-state index contributed by atoms with van der Waals surface area (Å²) in [6.07, 6.45) is -6.54. The molecule has 0 aromatic carbocycles. The van der Waals surface area contributed by atoms with Gasteiger partial charge in [-0.25, -0.2) is 14.2 Å². The summed E-state index contributed by atoms with van der Waals surface area (Å²) >= 11 is 6.06. The maximum atomic E-state index is 15.1. The van der Waals surface area contributed by atoms with Crippen molar-refractivity contribution in [1.29, 1.82) is 0 Å². The van der Waals surface area contributed by atoms with Crippen LogP contribution < -0.4 is 15.2 Å². The number of pyridine rings is 2. The second kappa shape index (κ2) is 10.6. The Morgan fingerprint density at radius 1 is 1.31 bits per heavy atom. The van der Waals surface area contributed by atoms with E-state index >= 15 is 4.39 Å². The van der Waals surface area contributed by atoms with Crippen LogP contribution in [0.3, 0.4) is 0 Å². The molecular formula is C21H20ClF4N5O5. The fourth-order valence-corrected chi connectivity index (χ4v) is 3.29. The first-order valence-electron chi connectivity index (χ1n) is 10.4. The third-order valence-corrected chi connectivity index (χ3v) is 5.38. The van der Waals surface area contributed by atoms with Gasteiger partial charge in [0.2, 0.25) is 11.8 Å². The second-order valence-corrected chi connectivity index (χ2v) is 7.79. The fourth-order valence-electron chi connectivity index (χ4n) is 3.12. The molecule has 10 nitrogen and oxygen atoms in total. The number of carbonyl (C=O) groups excluding carboxylic acids is 1. The van der Waals surface area contributed by atoms with Crippen LogP contribution in [0.1, 0.15) is 35.6 Å². The van der Waals surface area contributed by atoms with Gasteiger partial charge in [-0.05, 0) is 25.5 Å². The van der Waals surface area contributed by atoms with Crippen LogP contribution in [0, 0.1) is 5.82 Å². The lowest BCUT2D eigenvalue weighted by Crippen LogP contribution is -2.32. The van der Waals surface area contributed by atoms with Gasteiger partial charge in [-0.15, -0.1) is 5.10 Å². The quantitative estimate of drug-likeness (QED) is 0.329. The molecule has 1 N–H and O–H groups in total. The van der Waals surface area contributed by atoms with Gasteiger partial charge in [0.05, 0.1) is 17.7 Å². The number of aromatic nitrogens is 5. The Labute approximate surface area is 206 Å². The van der Waals surface area contributed by atoms with Gasteiger partial charge < -0.3 is 14.6 Å². The van der Waals surface area contributed by atoms with Crippen molar-refractivity contribution in [2.24, 2.45) is 0 Å². The topological polar surface area (TPSA) is 121 Å². The number of aliphatic hydroxyl groups is 1. The van der Waals surface area contributed by atoms with E-state index in [-0.39, 0.29) is 28.8 Å². The third kappa shape index (κ3) is 5.49. The molecule has 0 saturated heterocycles. The zero-order chi connectivity index (χ0) is 26.8. The molecule has 194 valence electrons. The lowest BCUT2D eigenvalue weighted by Gasteiger charge is -2.19. The van der Waals surface area contributed by atoms with E-state index in [1.165, 1.54) is 19.4 Å². The van der Waals surface area contributed by atoms with Gasteiger partial charge in [-0.3, -0.25) is 9.36 Å². The Kier molecular flexibility index (Phi) is 7.99. The van der Waals surface area contributed by atoms with E-state index in [0.717, 1.165) is 4.57 Å². The smallest absolute Gasteiger partial charge is 0.425 e. The first-order chi connectivity index (χ1) is 16.9. The first kappa shape index (κ1) is 27.1. The molecule has 3 rings (SSSR count). The van der Waals surface area contributed by atoms with Crippen molar-refractivity contribution in [3.8, 4) is 17.6 Å². The summed E-state index contributed by atoms with van der Waals surface area (Å²) in [5.41, 5.74) is -1.32. The molecule has 0 amide bonds. The number of halogens is 5. The zero-order valence-corrected chi connectivity index (χ0v) is 19.9. The molecule has 0 aliphatic heterocycles. The first-order valence-corrected chi connectivity index (χ1v) is 10.7. The number of ether oxygens (including phenoxy) is 2. The monoisotopic (exact) mass is 533 g/mol. The summed E-state index contributed by atoms with van der Waals surface area (Å²) in [6, 6.07) is 1.94. The molecule has 0 bridgehead atoms. The highest BCUT2D eigenvalue weighted by molar-refractivity contribution is 6.31. The van der Waals surface area contributed by atoms with E-state index in [1.54, 1.807) is 6.92 Å². The maximum absolute atomic E-state index is 15.1. The van der Waals surface area contributed by atoms with Crippen molar-refractivity contribution in [1.82, 2.24) is 24.3 Å². The van der Waals surface area contributed by atoms with Crippen LogP contribution >= 0.6 is 11.6 Å². The standard InChI is InChI=1S/C21H20ClF4N5O5/c1-4-30-16(9-32)29-31(20(30)34)18-14(23)7-12(19(28-18)36-10(2)21(24,25)26)15(33)5-11-6-17(35-3)27-8-13(11)22/h6-8,10,32H,4-5,9H2,1-3H3/t10-/m0/s1. The number of aliphatic hydroxyl groups excluding tert-OH is 1. The summed E-state index contributed by atoms with van der Waals surface area (Å²) < 4.78 is 66.1. The minimum absolute atomic E-state index is 0.0634. The molecule has 1 atom stereocenters. The average molecular weight is 534 g/mol. The number of methoxy groups -OCH3 is 1. The summed E-state index contributed by atoms with van der Waals surface area (Å²) in [7, 11) is 1.33. The molecule has 0 spiro atoms. The van der Waals surface area contributed by atoms with Gasteiger partial charge in [0, 0.05) is 25.2 Å². The van der Waals surface area contributed by atoms with Crippen LogP contribution in [0.2, 0.25) is 5.02 Å². The third-order valence-electron chi connectivity index (χ3n) is 5.04. The predicted molar refractivity (Wildman–Crippen MR) is 117 cm³/mol. The maximum Gasteiger partial charge on any atom is 0.425 e. The summed E-state index contributed by atoms with van der Waals surface area (Å²) in [4.78, 5) is 33.2. The van der Waals surface area contributed by atoms with E-state index in [9.17, 15) is 27.9 Å². The predicted octanol–water partition coefficient (Wildman–Crippen LogP) is 2.89. The number of rotatable bonds is 9. The van der Waals surface area contributed by atoms with E-state index in [4.69, 9.17) is 21.1 Å². The van der Waals surface area contributed by atoms with Crippen molar-refractivity contribution >= 4 is 17.4 Å². The van der Waals surface area contributed by atoms with Crippen LogP contribution in [0.4, 0.5) is 17.6 Å². The molecule has 3 aromatic heterocycles. The van der Waals surface area contributed by atoms with Crippen molar-refractivity contribution in [2.75, 3.05) is 7.11 Å². The van der Waals surface area contributed by atoms with Crippen molar-refractivity contribution in [3.63, 3.8) is 0 Å². The normalized spacial score (nSPS) is 12.5. The van der Waals surface area contributed by atoms with Crippen LogP contribution in [0.25, 0.3) is 5.82 Å². The van der Waals surface area contributed by atoms with Crippen LogP contribution in [0.15, 0.2) is 23.1 Å². The molecule has 0 saturated carbocycles. The number of hydrogen-bond donors (Lipinski definition) is 1. The Hall–Kier alpha value is -3.52. The molecule has 0 radical (unpaired) electrons. The largest absolute Gasteiger partial charge is 0.481 e. The fraction of sp³-hybridized carbons (Fsp3) is 0.381. The van der Waals surface area contributed by atoms with Gasteiger partial charge in [-0.1, -0.05) is 11.6 Å². The minimum Gasteiger partial charge on any atom is -0.481 e. The number of nitrogens with zero attached hydrogens (tertiary/aromatic N) is 5. The van der Waals surface area contributed by atoms with Gasteiger partial charge in [0.25, 0.3) is 0 Å². The zero-order valence-electron chi connectivity index (χ0n) is 19.1. The van der Waals surface area contributed by atoms with Crippen molar-refractivity contribution in [2.45, 2.75) is 45.7 Å². The molecule has 3 aromatic rings. The molecule has 0 aliphatic carbocycles. The molecular weight excluding hydrogens is 514 g/mol. The van der Waals surface area contributed by atoms with E-state index < -0.39 is 59.9 Å². The van der Waals surface area contributed by atoms with Crippen LogP contribution in [0.5, 0.6) is 11.8 Å². The molecule has 0 unspecified atom stereocenters. The lowest BCUT2D eigenvalue weighted by atomic mass is 10.0. The molecule has 0 aliphatic rings. The van der Waals surface area contributed by atoms with Gasteiger partial charge in [0.1, 0.15) is 6.61 Å². The minimum atomic E-state index is -4.84. The lowest BCUT2D eigenvalue weighted by molar-refractivity contribution is -0.190. The van der Waals surface area contributed by atoms with Crippen molar-refractivity contribution in [3.05, 3.63) is 56.6 Å². The summed E-state index contributed by atoms with van der Waals surface area (Å²) in [5.74, 6) is -3.81. The Bertz CT molecular complexity index is 1340. The molecule has 0 fully saturated rings. The van der Waals surface area contributed by atoms with E-state index in [2.05, 4.69) is 15.1 Å². The van der Waals surface area contributed by atoms with Gasteiger partial charge in [0.15, 0.2) is 29.3 Å². The van der Waals surface area contributed by atoms with E-state index in [0.29, 0.717) is 17.7 Å². The highest BCUT2D eigenvalue weighted by Crippen LogP contribution is 2.29. The van der Waals surface area contributed by atoms with E-state index in [1.807, 2.05) is 0 Å². The number of hydrogen-bond acceptors (Lipinski definition) is 8. The van der Waals surface area contributed by atoms with Gasteiger partial charge in [-0.2, -0.15) is 22.8 Å². The summed E-state index contributed by atoms with van der Waals surface area (Å²) in [5, 5.41) is 13.3. The molecule has 3 heterocycles. The Balaban J connectivity index is 2.14. The summed E-state index contributed by atoms with van der Waals surface area (Å²) in [6.45, 7) is 1.64. The highest BCUT2D eigenvalue weighted by atomic mass is 35.5. The SMILES string of the molecule is CCn1c(CO)nn(-c2nc(O[C@@H](C)C(F)(F)F)c(C(=O)Cc3cc(OC)ncc3Cl)cc2F)c1=O. The number of Topliss-reactive ketones (excluding diaryl/α,β-unsaturated/α-hetero) is 1.